The first-order valence-electron chi connectivity index (χ1n) is 6.22. The Morgan fingerprint density at radius 2 is 2.22 bits per heavy atom. The van der Waals surface area contributed by atoms with Crippen molar-refractivity contribution < 1.29 is 9.53 Å². The zero-order chi connectivity index (χ0) is 12.8. The van der Waals surface area contributed by atoms with Crippen LogP contribution in [0.1, 0.15) is 24.8 Å². The Balaban J connectivity index is 1.86. The van der Waals surface area contributed by atoms with E-state index in [-0.39, 0.29) is 12.1 Å². The monoisotopic (exact) mass is 243 g/mol. The molecule has 1 aliphatic heterocycles. The summed E-state index contributed by atoms with van der Waals surface area (Å²) < 4.78 is 5.31. The van der Waals surface area contributed by atoms with Gasteiger partial charge >= 0.3 is 6.09 Å². The zero-order valence-electron chi connectivity index (χ0n) is 10.3. The van der Waals surface area contributed by atoms with Crippen molar-refractivity contribution in [2.24, 2.45) is 0 Å². The number of hydrogen-bond acceptors (Lipinski definition) is 2. The minimum Gasteiger partial charge on any atom is -0.445 e. The molecule has 1 heterocycles. The number of benzene rings is 1. The number of carbonyl (C=O) groups is 1. The fourth-order valence-corrected chi connectivity index (χ4v) is 2.23. The van der Waals surface area contributed by atoms with Crippen molar-refractivity contribution in [3.8, 4) is 12.3 Å². The molecule has 0 saturated carbocycles. The van der Waals surface area contributed by atoms with Crippen LogP contribution in [-0.2, 0) is 11.3 Å². The van der Waals surface area contributed by atoms with Crippen LogP contribution in [0.15, 0.2) is 30.3 Å². The highest BCUT2D eigenvalue weighted by Gasteiger charge is 2.28. The molecule has 18 heavy (non-hydrogen) atoms. The van der Waals surface area contributed by atoms with Crippen LogP contribution in [-0.4, -0.2) is 23.6 Å². The molecule has 0 aromatic heterocycles. The van der Waals surface area contributed by atoms with Crippen LogP contribution in [0.3, 0.4) is 0 Å². The lowest BCUT2D eigenvalue weighted by atomic mass is 10.1. The molecule has 94 valence electrons. The highest BCUT2D eigenvalue weighted by Crippen LogP contribution is 2.20. The van der Waals surface area contributed by atoms with E-state index in [2.05, 4.69) is 5.92 Å². The van der Waals surface area contributed by atoms with Crippen LogP contribution in [0.5, 0.6) is 0 Å². The molecule has 1 aromatic carbocycles. The highest BCUT2D eigenvalue weighted by atomic mass is 16.6. The Morgan fingerprint density at radius 3 is 2.94 bits per heavy atom. The molecule has 1 aliphatic rings. The molecular weight excluding hydrogens is 226 g/mol. The SMILES string of the molecule is C#CCC1CCCN1C(=O)OCc1ccccc1. The third kappa shape index (κ3) is 3.04. The largest absolute Gasteiger partial charge is 0.445 e. The van der Waals surface area contributed by atoms with Crippen LogP contribution in [0.2, 0.25) is 0 Å². The first-order valence-corrected chi connectivity index (χ1v) is 6.22. The molecule has 0 spiro atoms. The number of hydrogen-bond donors (Lipinski definition) is 0. The average Bonchev–Trinajstić information content (AvgIpc) is 2.86. The smallest absolute Gasteiger partial charge is 0.410 e. The van der Waals surface area contributed by atoms with Gasteiger partial charge in [-0.2, -0.15) is 0 Å². The maximum Gasteiger partial charge on any atom is 0.410 e. The number of nitrogens with zero attached hydrogens (tertiary/aromatic N) is 1. The second-order valence-corrected chi connectivity index (χ2v) is 4.44. The molecule has 1 unspecified atom stereocenters. The second-order valence-electron chi connectivity index (χ2n) is 4.44. The molecule has 0 aliphatic carbocycles. The van der Waals surface area contributed by atoms with E-state index in [1.165, 1.54) is 0 Å². The van der Waals surface area contributed by atoms with E-state index < -0.39 is 0 Å². The summed E-state index contributed by atoms with van der Waals surface area (Å²) in [5, 5.41) is 0. The van der Waals surface area contributed by atoms with E-state index in [1.807, 2.05) is 30.3 Å². The van der Waals surface area contributed by atoms with Gasteiger partial charge < -0.3 is 9.64 Å². The first-order chi connectivity index (χ1) is 8.81. The van der Waals surface area contributed by atoms with Gasteiger partial charge in [0.05, 0.1) is 0 Å². The molecule has 1 atom stereocenters. The predicted octanol–water partition coefficient (Wildman–Crippen LogP) is 2.81. The Kier molecular flexibility index (Phi) is 4.25. The van der Waals surface area contributed by atoms with Gasteiger partial charge in [0.1, 0.15) is 6.61 Å². The molecule has 2 rings (SSSR count). The molecule has 1 amide bonds. The molecule has 0 radical (unpaired) electrons. The summed E-state index contributed by atoms with van der Waals surface area (Å²) in [6.45, 7) is 1.07. The van der Waals surface area contributed by atoms with Crippen molar-refractivity contribution >= 4 is 6.09 Å². The van der Waals surface area contributed by atoms with Gasteiger partial charge in [0.15, 0.2) is 0 Å². The lowest BCUT2D eigenvalue weighted by Crippen LogP contribution is -2.35. The molecule has 1 saturated heterocycles. The van der Waals surface area contributed by atoms with Gasteiger partial charge in [-0.15, -0.1) is 12.3 Å². The van der Waals surface area contributed by atoms with Gasteiger partial charge in [-0.3, -0.25) is 0 Å². The van der Waals surface area contributed by atoms with Crippen LogP contribution < -0.4 is 0 Å². The van der Waals surface area contributed by atoms with E-state index in [0.717, 1.165) is 24.9 Å². The normalized spacial score (nSPS) is 18.4. The summed E-state index contributed by atoms with van der Waals surface area (Å²) in [4.78, 5) is 13.7. The van der Waals surface area contributed by atoms with Crippen molar-refractivity contribution in [3.63, 3.8) is 0 Å². The number of amides is 1. The third-order valence-electron chi connectivity index (χ3n) is 3.17. The maximum absolute atomic E-state index is 11.9. The topological polar surface area (TPSA) is 29.5 Å². The highest BCUT2D eigenvalue weighted by molar-refractivity contribution is 5.68. The minimum atomic E-state index is -0.253. The van der Waals surface area contributed by atoms with Crippen molar-refractivity contribution in [3.05, 3.63) is 35.9 Å². The van der Waals surface area contributed by atoms with Crippen molar-refractivity contribution in [2.75, 3.05) is 6.54 Å². The quantitative estimate of drug-likeness (QED) is 0.764. The molecule has 3 heteroatoms. The molecule has 0 bridgehead atoms. The fourth-order valence-electron chi connectivity index (χ4n) is 2.23. The zero-order valence-corrected chi connectivity index (χ0v) is 10.3. The molecule has 3 nitrogen and oxygen atoms in total. The summed E-state index contributed by atoms with van der Waals surface area (Å²) in [6, 6.07) is 9.83. The summed E-state index contributed by atoms with van der Waals surface area (Å²) in [5.74, 6) is 2.62. The first kappa shape index (κ1) is 12.5. The second kappa shape index (κ2) is 6.11. The lowest BCUT2D eigenvalue weighted by Gasteiger charge is -2.22. The standard InChI is InChI=1S/C15H17NO2/c1-2-7-14-10-6-11-16(14)15(17)18-12-13-8-4-3-5-9-13/h1,3-5,8-9,14H,6-7,10-12H2. The Hall–Kier alpha value is -1.95. The van der Waals surface area contributed by atoms with Crippen LogP contribution in [0.25, 0.3) is 0 Å². The van der Waals surface area contributed by atoms with E-state index in [1.54, 1.807) is 4.90 Å². The van der Waals surface area contributed by atoms with Crippen LogP contribution in [0.4, 0.5) is 4.79 Å². The fraction of sp³-hybridized carbons (Fsp3) is 0.400. The number of likely N-dealkylation sites (tertiary alicyclic amines) is 1. The third-order valence-corrected chi connectivity index (χ3v) is 3.17. The van der Waals surface area contributed by atoms with E-state index in [0.29, 0.717) is 13.0 Å². The number of ether oxygens (including phenoxy) is 1. The number of carbonyl (C=O) groups excluding carboxylic acids is 1. The van der Waals surface area contributed by atoms with Gasteiger partial charge in [0, 0.05) is 19.0 Å². The Morgan fingerprint density at radius 1 is 1.44 bits per heavy atom. The van der Waals surface area contributed by atoms with Crippen molar-refractivity contribution in [2.45, 2.75) is 31.9 Å². The number of terminal acetylenes is 1. The van der Waals surface area contributed by atoms with Gasteiger partial charge in [-0.25, -0.2) is 4.79 Å². The van der Waals surface area contributed by atoms with Crippen LogP contribution in [0, 0.1) is 12.3 Å². The van der Waals surface area contributed by atoms with Gasteiger partial charge in [-0.1, -0.05) is 30.3 Å². The van der Waals surface area contributed by atoms with Crippen molar-refractivity contribution in [1.82, 2.24) is 4.90 Å². The van der Waals surface area contributed by atoms with Gasteiger partial charge in [-0.05, 0) is 18.4 Å². The Labute approximate surface area is 108 Å². The van der Waals surface area contributed by atoms with Gasteiger partial charge in [0.25, 0.3) is 0 Å². The summed E-state index contributed by atoms with van der Waals surface area (Å²) >= 11 is 0. The van der Waals surface area contributed by atoms with Crippen molar-refractivity contribution in [1.29, 1.82) is 0 Å². The van der Waals surface area contributed by atoms with Gasteiger partial charge in [0.2, 0.25) is 0 Å². The minimum absolute atomic E-state index is 0.151. The molecule has 1 fully saturated rings. The molecule has 1 aromatic rings. The molecule has 0 N–H and O–H groups in total. The van der Waals surface area contributed by atoms with E-state index >= 15 is 0 Å². The van der Waals surface area contributed by atoms with Crippen LogP contribution >= 0.6 is 0 Å². The predicted molar refractivity (Wildman–Crippen MR) is 69.8 cm³/mol. The summed E-state index contributed by atoms with van der Waals surface area (Å²) in [5.41, 5.74) is 0.999. The molecular formula is C15H17NO2. The number of rotatable bonds is 3. The lowest BCUT2D eigenvalue weighted by molar-refractivity contribution is 0.0927. The summed E-state index contributed by atoms with van der Waals surface area (Å²) in [6.07, 6.45) is 7.65. The Bertz CT molecular complexity index is 436. The summed E-state index contributed by atoms with van der Waals surface area (Å²) in [7, 11) is 0. The van der Waals surface area contributed by atoms with E-state index in [4.69, 9.17) is 11.2 Å². The average molecular weight is 243 g/mol. The maximum atomic E-state index is 11.9. The van der Waals surface area contributed by atoms with E-state index in [9.17, 15) is 4.79 Å².